The van der Waals surface area contributed by atoms with Crippen molar-refractivity contribution in [3.05, 3.63) is 0 Å². The summed E-state index contributed by atoms with van der Waals surface area (Å²) < 4.78 is 13.5. The average Bonchev–Trinajstić information content (AvgIpc) is 2.37. The van der Waals surface area contributed by atoms with E-state index >= 15 is 0 Å². The van der Waals surface area contributed by atoms with Crippen molar-refractivity contribution in [3.8, 4) is 0 Å². The highest BCUT2D eigenvalue weighted by molar-refractivity contribution is 5.84. The third kappa shape index (κ3) is 8.90. The van der Waals surface area contributed by atoms with Crippen LogP contribution < -0.4 is 5.32 Å². The van der Waals surface area contributed by atoms with Crippen LogP contribution in [0.1, 0.15) is 33.1 Å². The third-order valence-electron chi connectivity index (χ3n) is 2.21. The van der Waals surface area contributed by atoms with Crippen LogP contribution in [0.2, 0.25) is 0 Å². The molecule has 0 saturated carbocycles. The first-order valence-corrected chi connectivity index (χ1v) is 6.03. The van der Waals surface area contributed by atoms with E-state index in [1.54, 1.807) is 0 Å². The van der Waals surface area contributed by atoms with E-state index in [2.05, 4.69) is 19.5 Å². The van der Waals surface area contributed by atoms with Crippen LogP contribution in [-0.2, 0) is 33.4 Å². The molecule has 0 spiro atoms. The predicted octanol–water partition coefficient (Wildman–Crippen LogP) is -0.102. The van der Waals surface area contributed by atoms with Crippen LogP contribution in [0.3, 0.4) is 0 Å². The highest BCUT2D eigenvalue weighted by Gasteiger charge is 2.17. The number of hydrogen-bond donors (Lipinski definition) is 1. The molecular formula is C12H19NO7. The quantitative estimate of drug-likeness (QED) is 0.491. The van der Waals surface area contributed by atoms with Crippen molar-refractivity contribution >= 4 is 23.8 Å². The maximum Gasteiger partial charge on any atom is 0.331 e. The lowest BCUT2D eigenvalue weighted by Crippen LogP contribution is -2.39. The summed E-state index contributed by atoms with van der Waals surface area (Å²) in [6, 6.07) is -0.865. The van der Waals surface area contributed by atoms with Crippen LogP contribution in [0.4, 0.5) is 0 Å². The summed E-state index contributed by atoms with van der Waals surface area (Å²) in [6.07, 6.45) is 0.555. The second kappa shape index (κ2) is 9.76. The van der Waals surface area contributed by atoms with Crippen molar-refractivity contribution in [2.24, 2.45) is 0 Å². The van der Waals surface area contributed by atoms with Gasteiger partial charge in [-0.05, 0) is 13.3 Å². The Kier molecular flexibility index (Phi) is 8.73. The van der Waals surface area contributed by atoms with Gasteiger partial charge in [-0.2, -0.15) is 0 Å². The largest absolute Gasteiger partial charge is 0.469 e. The average molecular weight is 289 g/mol. The second-order valence-corrected chi connectivity index (χ2v) is 3.94. The molecule has 1 atom stereocenters. The Morgan fingerprint density at radius 2 is 1.75 bits per heavy atom. The van der Waals surface area contributed by atoms with Gasteiger partial charge in [0.1, 0.15) is 6.04 Å². The van der Waals surface area contributed by atoms with Gasteiger partial charge in [-0.3, -0.25) is 14.4 Å². The summed E-state index contributed by atoms with van der Waals surface area (Å²) in [7, 11) is 1.27. The molecule has 0 aliphatic rings. The van der Waals surface area contributed by atoms with Crippen molar-refractivity contribution in [1.82, 2.24) is 5.32 Å². The van der Waals surface area contributed by atoms with Crippen molar-refractivity contribution < 1.29 is 33.4 Å². The van der Waals surface area contributed by atoms with E-state index in [4.69, 9.17) is 0 Å². The molecule has 0 aromatic carbocycles. The smallest absolute Gasteiger partial charge is 0.331 e. The summed E-state index contributed by atoms with van der Waals surface area (Å²) in [5.41, 5.74) is 0. The molecule has 8 nitrogen and oxygen atoms in total. The predicted molar refractivity (Wildman–Crippen MR) is 66.2 cm³/mol. The van der Waals surface area contributed by atoms with Gasteiger partial charge in [-0.1, -0.05) is 0 Å². The van der Waals surface area contributed by atoms with E-state index in [1.165, 1.54) is 21.0 Å². The molecule has 0 rings (SSSR count). The number of hydrogen-bond acceptors (Lipinski definition) is 7. The van der Waals surface area contributed by atoms with Crippen molar-refractivity contribution in [3.63, 3.8) is 0 Å². The van der Waals surface area contributed by atoms with Crippen molar-refractivity contribution in [2.45, 2.75) is 39.2 Å². The molecule has 20 heavy (non-hydrogen) atoms. The Morgan fingerprint density at radius 1 is 1.10 bits per heavy atom. The van der Waals surface area contributed by atoms with Crippen LogP contribution in [0.25, 0.3) is 0 Å². The molecule has 114 valence electrons. The summed E-state index contributed by atoms with van der Waals surface area (Å²) in [5, 5.41) is 2.40. The van der Waals surface area contributed by atoms with Crippen molar-refractivity contribution in [1.29, 1.82) is 0 Å². The number of methoxy groups -OCH3 is 1. The molecule has 8 heteroatoms. The van der Waals surface area contributed by atoms with Crippen LogP contribution in [0.5, 0.6) is 0 Å². The topological polar surface area (TPSA) is 108 Å². The zero-order valence-electron chi connectivity index (χ0n) is 11.8. The Labute approximate surface area is 116 Å². The van der Waals surface area contributed by atoms with Gasteiger partial charge in [0.25, 0.3) is 0 Å². The number of ether oxygens (including phenoxy) is 3. The van der Waals surface area contributed by atoms with E-state index in [0.29, 0.717) is 6.42 Å². The SMILES string of the molecule is COC(=O)CCCC(=O)N[C@@H](C)C(=O)OCOC(C)=O. The van der Waals surface area contributed by atoms with Gasteiger partial charge < -0.3 is 19.5 Å². The van der Waals surface area contributed by atoms with Crippen LogP contribution >= 0.6 is 0 Å². The van der Waals surface area contributed by atoms with E-state index in [1.807, 2.05) is 0 Å². The number of carbonyl (C=O) groups is 4. The van der Waals surface area contributed by atoms with Gasteiger partial charge in [-0.15, -0.1) is 0 Å². The molecule has 0 heterocycles. The molecule has 0 aromatic heterocycles. The van der Waals surface area contributed by atoms with Gasteiger partial charge in [-0.25, -0.2) is 4.79 Å². The van der Waals surface area contributed by atoms with Crippen LogP contribution in [-0.4, -0.2) is 43.8 Å². The highest BCUT2D eigenvalue weighted by atomic mass is 16.7. The standard InChI is InChI=1S/C12H19NO7/c1-8(12(17)20-7-19-9(2)14)13-10(15)5-4-6-11(16)18-3/h8H,4-7H2,1-3H3,(H,13,15)/t8-/m0/s1. The molecule has 0 fully saturated rings. The van der Waals surface area contributed by atoms with Gasteiger partial charge in [0.05, 0.1) is 7.11 Å². The van der Waals surface area contributed by atoms with Crippen LogP contribution in [0.15, 0.2) is 0 Å². The number of nitrogens with one attached hydrogen (secondary N) is 1. The fourth-order valence-corrected chi connectivity index (χ4v) is 1.16. The summed E-state index contributed by atoms with van der Waals surface area (Å²) in [6.45, 7) is 2.13. The van der Waals surface area contributed by atoms with Crippen LogP contribution in [0, 0.1) is 0 Å². The Balaban J connectivity index is 3.85. The fraction of sp³-hybridized carbons (Fsp3) is 0.667. The minimum atomic E-state index is -0.865. The van der Waals surface area contributed by atoms with E-state index in [0.717, 1.165) is 0 Å². The third-order valence-corrected chi connectivity index (χ3v) is 2.21. The summed E-state index contributed by atoms with van der Waals surface area (Å²) in [5.74, 6) is -2.07. The molecule has 0 radical (unpaired) electrons. The number of amides is 1. The molecule has 0 aliphatic carbocycles. The first kappa shape index (κ1) is 17.9. The first-order chi connectivity index (χ1) is 9.36. The molecule has 0 saturated heterocycles. The van der Waals surface area contributed by atoms with Gasteiger partial charge in [0.15, 0.2) is 0 Å². The summed E-state index contributed by atoms with van der Waals surface area (Å²) >= 11 is 0. The lowest BCUT2D eigenvalue weighted by molar-refractivity contribution is -0.167. The molecule has 0 aliphatic heterocycles. The minimum absolute atomic E-state index is 0.0939. The monoisotopic (exact) mass is 289 g/mol. The second-order valence-electron chi connectivity index (χ2n) is 3.94. The Hall–Kier alpha value is -2.12. The molecule has 0 unspecified atom stereocenters. The number of carbonyl (C=O) groups excluding carboxylic acids is 4. The molecule has 0 bridgehead atoms. The Bertz CT molecular complexity index is 367. The van der Waals surface area contributed by atoms with E-state index < -0.39 is 30.7 Å². The lowest BCUT2D eigenvalue weighted by Gasteiger charge is -2.13. The zero-order valence-corrected chi connectivity index (χ0v) is 11.8. The van der Waals surface area contributed by atoms with E-state index in [-0.39, 0.29) is 18.7 Å². The maximum atomic E-state index is 11.5. The molecular weight excluding hydrogens is 270 g/mol. The number of rotatable bonds is 8. The number of esters is 3. The molecule has 1 N–H and O–H groups in total. The highest BCUT2D eigenvalue weighted by Crippen LogP contribution is 1.98. The van der Waals surface area contributed by atoms with Gasteiger partial charge in [0, 0.05) is 19.8 Å². The molecule has 0 aromatic rings. The maximum absolute atomic E-state index is 11.5. The van der Waals surface area contributed by atoms with Gasteiger partial charge >= 0.3 is 17.9 Å². The van der Waals surface area contributed by atoms with Crippen molar-refractivity contribution in [2.75, 3.05) is 13.9 Å². The zero-order chi connectivity index (χ0) is 15.5. The van der Waals surface area contributed by atoms with E-state index in [9.17, 15) is 19.2 Å². The minimum Gasteiger partial charge on any atom is -0.469 e. The van der Waals surface area contributed by atoms with Gasteiger partial charge in [0.2, 0.25) is 12.7 Å². The fourth-order valence-electron chi connectivity index (χ4n) is 1.16. The lowest BCUT2D eigenvalue weighted by atomic mass is 10.2. The Morgan fingerprint density at radius 3 is 2.30 bits per heavy atom. The normalized spacial score (nSPS) is 11.2. The molecule has 1 amide bonds. The first-order valence-electron chi connectivity index (χ1n) is 6.03. The summed E-state index contributed by atoms with van der Waals surface area (Å²) in [4.78, 5) is 44.1.